The Morgan fingerprint density at radius 2 is 2.04 bits per heavy atom. The average Bonchev–Trinajstić information content (AvgIpc) is 3.13. The monoisotopic (exact) mass is 356 g/mol. The number of aliphatic hydroxyl groups excluding tert-OH is 1. The number of rotatable bonds is 7. The van der Waals surface area contributed by atoms with Crippen molar-refractivity contribution in [2.24, 2.45) is 5.92 Å². The molecule has 1 unspecified atom stereocenters. The molecule has 6 heteroatoms. The second kappa shape index (κ2) is 6.82. The van der Waals surface area contributed by atoms with Gasteiger partial charge in [-0.3, -0.25) is 0 Å². The molecule has 5 atom stereocenters. The van der Waals surface area contributed by atoms with Crippen LogP contribution >= 0.6 is 0 Å². The van der Waals surface area contributed by atoms with Gasteiger partial charge in [-0.15, -0.1) is 0 Å². The number of hydrogen-bond acceptors (Lipinski definition) is 5. The number of ether oxygens (including phenoxy) is 3. The molecule has 0 aromatic carbocycles. The van der Waals surface area contributed by atoms with E-state index in [-0.39, 0.29) is 24.9 Å². The van der Waals surface area contributed by atoms with Crippen LogP contribution in [0.5, 0.6) is 0 Å². The SMILES string of the molecule is CC[Si](CC)(O[C@]12C[C@@H](OC)OC1O[C@@H]1C=C(CO)[C@H]2C1)C(C)C. The molecule has 0 aromatic heterocycles. The summed E-state index contributed by atoms with van der Waals surface area (Å²) in [5.41, 5.74) is 1.04. The van der Waals surface area contributed by atoms with E-state index in [1.54, 1.807) is 7.11 Å². The van der Waals surface area contributed by atoms with E-state index in [2.05, 4.69) is 33.8 Å². The van der Waals surface area contributed by atoms with Gasteiger partial charge in [0.1, 0.15) is 5.60 Å². The Balaban J connectivity index is 1.99. The summed E-state index contributed by atoms with van der Waals surface area (Å²) in [6, 6.07) is 2.14. The Bertz CT molecular complexity index is 490. The highest BCUT2D eigenvalue weighted by Crippen LogP contribution is 2.55. The summed E-state index contributed by atoms with van der Waals surface area (Å²) >= 11 is 0. The van der Waals surface area contributed by atoms with Gasteiger partial charge in [0, 0.05) is 19.4 Å². The van der Waals surface area contributed by atoms with E-state index in [1.807, 2.05) is 0 Å². The molecule has 0 spiro atoms. The van der Waals surface area contributed by atoms with Crippen LogP contribution in [0.2, 0.25) is 17.6 Å². The first kappa shape index (κ1) is 18.5. The summed E-state index contributed by atoms with van der Waals surface area (Å²) in [6.45, 7) is 9.11. The van der Waals surface area contributed by atoms with Crippen LogP contribution in [0, 0.1) is 5.92 Å². The van der Waals surface area contributed by atoms with Gasteiger partial charge < -0.3 is 23.7 Å². The van der Waals surface area contributed by atoms with Crippen molar-refractivity contribution >= 4 is 8.32 Å². The highest BCUT2D eigenvalue weighted by molar-refractivity contribution is 6.75. The van der Waals surface area contributed by atoms with Crippen LogP contribution in [0.1, 0.15) is 40.5 Å². The van der Waals surface area contributed by atoms with E-state index in [0.717, 1.165) is 24.1 Å². The summed E-state index contributed by atoms with van der Waals surface area (Å²) in [5, 5.41) is 9.85. The molecule has 3 rings (SSSR count). The van der Waals surface area contributed by atoms with E-state index >= 15 is 0 Å². The number of aliphatic hydroxyl groups is 1. The molecule has 2 aliphatic heterocycles. The maximum atomic E-state index is 9.85. The third-order valence-corrected chi connectivity index (χ3v) is 11.7. The lowest BCUT2D eigenvalue weighted by Gasteiger charge is -2.50. The predicted molar refractivity (Wildman–Crippen MR) is 94.1 cm³/mol. The normalized spacial score (nSPS) is 38.5. The zero-order valence-corrected chi connectivity index (χ0v) is 16.6. The van der Waals surface area contributed by atoms with Crippen LogP contribution in [-0.4, -0.2) is 51.4 Å². The van der Waals surface area contributed by atoms with Crippen LogP contribution in [0.15, 0.2) is 11.6 Å². The van der Waals surface area contributed by atoms with Gasteiger partial charge in [0.15, 0.2) is 20.9 Å². The quantitative estimate of drug-likeness (QED) is 0.561. The highest BCUT2D eigenvalue weighted by atomic mass is 28.4. The van der Waals surface area contributed by atoms with Crippen molar-refractivity contribution in [1.82, 2.24) is 0 Å². The zero-order chi connectivity index (χ0) is 17.5. The van der Waals surface area contributed by atoms with Gasteiger partial charge in [-0.05, 0) is 29.6 Å². The van der Waals surface area contributed by atoms with E-state index < -0.39 is 20.2 Å². The summed E-state index contributed by atoms with van der Waals surface area (Å²) in [6.07, 6.45) is 2.92. The lowest BCUT2D eigenvalue weighted by molar-refractivity contribution is -0.261. The minimum Gasteiger partial charge on any atom is -0.405 e. The van der Waals surface area contributed by atoms with Crippen molar-refractivity contribution in [3.63, 3.8) is 0 Å². The van der Waals surface area contributed by atoms with E-state index in [0.29, 0.717) is 12.0 Å². The molecule has 0 aromatic rings. The second-order valence-electron chi connectivity index (χ2n) is 7.68. The van der Waals surface area contributed by atoms with Crippen molar-refractivity contribution in [3.8, 4) is 0 Å². The molecule has 138 valence electrons. The summed E-state index contributed by atoms with van der Waals surface area (Å²) in [5.74, 6) is 0.162. The molecular weight excluding hydrogens is 324 g/mol. The Kier molecular flexibility index (Phi) is 5.27. The smallest absolute Gasteiger partial charge is 0.195 e. The molecule has 5 nitrogen and oxygen atoms in total. The molecule has 0 saturated carbocycles. The first-order valence-electron chi connectivity index (χ1n) is 9.30. The van der Waals surface area contributed by atoms with E-state index in [1.165, 1.54) is 0 Å². The van der Waals surface area contributed by atoms with Crippen molar-refractivity contribution in [3.05, 3.63) is 11.6 Å². The van der Waals surface area contributed by atoms with Gasteiger partial charge in [-0.2, -0.15) is 0 Å². The Labute approximate surface area is 146 Å². The van der Waals surface area contributed by atoms with Crippen molar-refractivity contribution in [2.75, 3.05) is 13.7 Å². The first-order valence-corrected chi connectivity index (χ1v) is 11.7. The molecule has 0 amide bonds. The third kappa shape index (κ3) is 2.72. The molecule has 2 fully saturated rings. The standard InChI is InChI=1S/C18H32O5Si/c1-6-24(7-2,12(3)4)23-18-10-16(20-5)22-17(18)21-14-8-13(11-19)15(18)9-14/h8,12,14-17,19H,6-7,9-11H2,1-5H3/t14-,15-,16+,17?,18+/m1/s1. The molecule has 2 heterocycles. The fourth-order valence-corrected chi connectivity index (χ4v) is 8.59. The molecular formula is C18H32O5Si. The molecule has 1 aliphatic carbocycles. The topological polar surface area (TPSA) is 57.2 Å². The van der Waals surface area contributed by atoms with Crippen LogP contribution in [0.25, 0.3) is 0 Å². The van der Waals surface area contributed by atoms with Crippen molar-refractivity contribution in [1.29, 1.82) is 0 Å². The minimum absolute atomic E-state index is 0.0212. The molecule has 3 aliphatic rings. The van der Waals surface area contributed by atoms with Crippen LogP contribution < -0.4 is 0 Å². The van der Waals surface area contributed by atoms with Gasteiger partial charge in [0.2, 0.25) is 0 Å². The molecule has 24 heavy (non-hydrogen) atoms. The van der Waals surface area contributed by atoms with Gasteiger partial charge >= 0.3 is 0 Å². The van der Waals surface area contributed by atoms with Gasteiger partial charge in [-0.1, -0.05) is 33.8 Å². The predicted octanol–water partition coefficient (Wildman–Crippen LogP) is 3.19. The number of methoxy groups -OCH3 is 1. The van der Waals surface area contributed by atoms with Crippen LogP contribution in [0.4, 0.5) is 0 Å². The van der Waals surface area contributed by atoms with Gasteiger partial charge in [0.05, 0.1) is 12.7 Å². The summed E-state index contributed by atoms with van der Waals surface area (Å²) in [7, 11) is -0.282. The van der Waals surface area contributed by atoms with Gasteiger partial charge in [0.25, 0.3) is 0 Å². The van der Waals surface area contributed by atoms with Crippen molar-refractivity contribution < 1.29 is 23.7 Å². The lowest BCUT2D eigenvalue weighted by Crippen LogP contribution is -2.60. The number of hydrogen-bond donors (Lipinski definition) is 1. The summed E-state index contributed by atoms with van der Waals surface area (Å²) < 4.78 is 24.8. The Hall–Kier alpha value is -0.243. The average molecular weight is 357 g/mol. The fourth-order valence-electron chi connectivity index (χ4n) is 4.85. The van der Waals surface area contributed by atoms with E-state index in [4.69, 9.17) is 18.6 Å². The largest absolute Gasteiger partial charge is 0.405 e. The van der Waals surface area contributed by atoms with Crippen molar-refractivity contribution in [2.45, 2.75) is 82.5 Å². The third-order valence-electron chi connectivity index (χ3n) is 6.45. The second-order valence-corrected chi connectivity index (χ2v) is 12.6. The highest BCUT2D eigenvalue weighted by Gasteiger charge is 2.64. The Morgan fingerprint density at radius 1 is 1.33 bits per heavy atom. The first-order chi connectivity index (χ1) is 11.4. The fraction of sp³-hybridized carbons (Fsp3) is 0.889. The zero-order valence-electron chi connectivity index (χ0n) is 15.6. The molecule has 2 saturated heterocycles. The molecule has 1 N–H and O–H groups in total. The van der Waals surface area contributed by atoms with Crippen LogP contribution in [-0.2, 0) is 18.6 Å². The van der Waals surface area contributed by atoms with Gasteiger partial charge in [-0.25, -0.2) is 0 Å². The maximum Gasteiger partial charge on any atom is 0.195 e. The Morgan fingerprint density at radius 3 is 2.58 bits per heavy atom. The maximum absolute atomic E-state index is 9.85. The summed E-state index contributed by atoms with van der Waals surface area (Å²) in [4.78, 5) is 0. The number of fused-ring (bicyclic) bond motifs is 4. The molecule has 0 radical (unpaired) electrons. The molecule has 2 bridgehead atoms. The van der Waals surface area contributed by atoms with E-state index in [9.17, 15) is 5.11 Å². The lowest BCUT2D eigenvalue weighted by atomic mass is 9.79. The minimum atomic E-state index is -1.95. The van der Waals surface area contributed by atoms with Crippen LogP contribution in [0.3, 0.4) is 0 Å².